The fraction of sp³-hybridized carbons (Fsp3) is 0.571. The van der Waals surface area contributed by atoms with Crippen LogP contribution >= 0.6 is 15.9 Å². The Morgan fingerprint density at radius 1 is 1.53 bits per heavy atom. The second kappa shape index (κ2) is 6.53. The van der Waals surface area contributed by atoms with Gasteiger partial charge in [0.15, 0.2) is 0 Å². The lowest BCUT2D eigenvalue weighted by molar-refractivity contribution is 0.0789. The van der Waals surface area contributed by atoms with Crippen LogP contribution in [-0.2, 0) is 11.2 Å². The Kier molecular flexibility index (Phi) is 5.01. The molecule has 94 valence electrons. The third kappa shape index (κ3) is 3.80. The fourth-order valence-corrected chi connectivity index (χ4v) is 2.88. The number of likely N-dealkylation sites (N-methyl/N-ethyl adjacent to an activating group) is 1. The molecule has 1 fully saturated rings. The quantitative estimate of drug-likeness (QED) is 0.901. The van der Waals surface area contributed by atoms with Crippen LogP contribution in [0.1, 0.15) is 25.3 Å². The summed E-state index contributed by atoms with van der Waals surface area (Å²) in [6, 6.07) is 8.98. The summed E-state index contributed by atoms with van der Waals surface area (Å²) in [5, 5.41) is 3.55. The second-order valence-corrected chi connectivity index (χ2v) is 5.47. The van der Waals surface area contributed by atoms with Crippen molar-refractivity contribution < 1.29 is 4.74 Å². The normalized spacial score (nSPS) is 21.6. The van der Waals surface area contributed by atoms with Crippen molar-refractivity contribution in [2.75, 3.05) is 13.2 Å². The smallest absolute Gasteiger partial charge is 0.0732 e. The summed E-state index contributed by atoms with van der Waals surface area (Å²) in [5.41, 5.74) is 1.36. The molecule has 1 aromatic carbocycles. The number of nitrogens with one attached hydrogen (secondary N) is 1. The molecule has 0 spiro atoms. The standard InChI is InChI=1S/C14H20BrNO/c1-2-16-13(14-7-4-8-17-14)10-11-5-3-6-12(15)9-11/h3,5-6,9,13-14,16H,2,4,7-8,10H2,1H3. The first-order chi connectivity index (χ1) is 8.29. The van der Waals surface area contributed by atoms with Gasteiger partial charge in [-0.25, -0.2) is 0 Å². The molecule has 0 aromatic heterocycles. The molecule has 2 atom stereocenters. The van der Waals surface area contributed by atoms with E-state index in [-0.39, 0.29) is 0 Å². The van der Waals surface area contributed by atoms with E-state index in [1.807, 2.05) is 0 Å². The van der Waals surface area contributed by atoms with Crippen LogP contribution in [0.5, 0.6) is 0 Å². The van der Waals surface area contributed by atoms with Crippen LogP contribution in [0, 0.1) is 0 Å². The fourth-order valence-electron chi connectivity index (χ4n) is 2.44. The van der Waals surface area contributed by atoms with Crippen molar-refractivity contribution >= 4 is 15.9 Å². The van der Waals surface area contributed by atoms with Crippen molar-refractivity contribution in [3.8, 4) is 0 Å². The minimum absolute atomic E-state index is 0.383. The lowest BCUT2D eigenvalue weighted by atomic mass is 9.99. The Balaban J connectivity index is 2.01. The van der Waals surface area contributed by atoms with E-state index in [1.165, 1.54) is 18.4 Å². The summed E-state index contributed by atoms with van der Waals surface area (Å²) in [5.74, 6) is 0. The highest BCUT2D eigenvalue weighted by Gasteiger charge is 2.25. The molecule has 2 nitrogen and oxygen atoms in total. The van der Waals surface area contributed by atoms with Crippen LogP contribution in [0.15, 0.2) is 28.7 Å². The maximum absolute atomic E-state index is 5.80. The van der Waals surface area contributed by atoms with Gasteiger partial charge in [-0.2, -0.15) is 0 Å². The third-order valence-corrected chi connectivity index (χ3v) is 3.72. The molecule has 3 heteroatoms. The van der Waals surface area contributed by atoms with Gasteiger partial charge in [-0.3, -0.25) is 0 Å². The molecule has 1 saturated heterocycles. The van der Waals surface area contributed by atoms with Gasteiger partial charge in [0.05, 0.1) is 6.10 Å². The van der Waals surface area contributed by atoms with E-state index in [2.05, 4.69) is 52.4 Å². The third-order valence-electron chi connectivity index (χ3n) is 3.22. The van der Waals surface area contributed by atoms with Crippen LogP contribution < -0.4 is 5.32 Å². The summed E-state index contributed by atoms with van der Waals surface area (Å²) in [6.07, 6.45) is 3.81. The summed E-state index contributed by atoms with van der Waals surface area (Å²) >= 11 is 3.52. The molecule has 1 heterocycles. The van der Waals surface area contributed by atoms with Crippen molar-refractivity contribution in [3.63, 3.8) is 0 Å². The monoisotopic (exact) mass is 297 g/mol. The minimum atomic E-state index is 0.383. The highest BCUT2D eigenvalue weighted by Crippen LogP contribution is 2.20. The molecule has 0 aliphatic carbocycles. The molecule has 1 N–H and O–H groups in total. The molecule has 1 aliphatic rings. The van der Waals surface area contributed by atoms with Gasteiger partial charge in [-0.15, -0.1) is 0 Å². The zero-order valence-electron chi connectivity index (χ0n) is 10.3. The Bertz CT molecular complexity index is 350. The van der Waals surface area contributed by atoms with Crippen molar-refractivity contribution in [2.24, 2.45) is 0 Å². The van der Waals surface area contributed by atoms with E-state index in [0.29, 0.717) is 12.1 Å². The van der Waals surface area contributed by atoms with Gasteiger partial charge >= 0.3 is 0 Å². The van der Waals surface area contributed by atoms with Crippen LogP contribution in [0.3, 0.4) is 0 Å². The van der Waals surface area contributed by atoms with Crippen LogP contribution in [-0.4, -0.2) is 25.3 Å². The summed E-state index contributed by atoms with van der Waals surface area (Å²) < 4.78 is 6.95. The van der Waals surface area contributed by atoms with E-state index in [0.717, 1.165) is 24.0 Å². The Morgan fingerprint density at radius 2 is 2.41 bits per heavy atom. The first-order valence-electron chi connectivity index (χ1n) is 6.39. The molecule has 0 bridgehead atoms. The van der Waals surface area contributed by atoms with Crippen molar-refractivity contribution in [1.29, 1.82) is 0 Å². The van der Waals surface area contributed by atoms with Gasteiger partial charge in [0.25, 0.3) is 0 Å². The lowest BCUT2D eigenvalue weighted by Gasteiger charge is -2.24. The summed E-state index contributed by atoms with van der Waals surface area (Å²) in [7, 11) is 0. The van der Waals surface area contributed by atoms with Gasteiger partial charge in [0.1, 0.15) is 0 Å². The highest BCUT2D eigenvalue weighted by molar-refractivity contribution is 9.10. The average Bonchev–Trinajstić information content (AvgIpc) is 2.82. The molecule has 17 heavy (non-hydrogen) atoms. The molecular weight excluding hydrogens is 278 g/mol. The molecule has 0 saturated carbocycles. The number of ether oxygens (including phenoxy) is 1. The van der Waals surface area contributed by atoms with E-state index in [4.69, 9.17) is 4.74 Å². The predicted octanol–water partition coefficient (Wildman–Crippen LogP) is 3.15. The number of hydrogen-bond acceptors (Lipinski definition) is 2. The Hall–Kier alpha value is -0.380. The van der Waals surface area contributed by atoms with Crippen molar-refractivity contribution in [3.05, 3.63) is 34.3 Å². The first kappa shape index (κ1) is 13.1. The lowest BCUT2D eigenvalue weighted by Crippen LogP contribution is -2.41. The topological polar surface area (TPSA) is 21.3 Å². The van der Waals surface area contributed by atoms with E-state index in [1.54, 1.807) is 0 Å². The molecular formula is C14H20BrNO. The van der Waals surface area contributed by atoms with Crippen LogP contribution in [0.4, 0.5) is 0 Å². The predicted molar refractivity (Wildman–Crippen MR) is 74.3 cm³/mol. The van der Waals surface area contributed by atoms with Crippen LogP contribution in [0.2, 0.25) is 0 Å². The first-order valence-corrected chi connectivity index (χ1v) is 7.18. The number of halogens is 1. The Morgan fingerprint density at radius 3 is 3.06 bits per heavy atom. The summed E-state index contributed by atoms with van der Waals surface area (Å²) in [6.45, 7) is 4.08. The molecule has 1 aromatic rings. The highest BCUT2D eigenvalue weighted by atomic mass is 79.9. The minimum Gasteiger partial charge on any atom is -0.377 e. The van der Waals surface area contributed by atoms with E-state index < -0.39 is 0 Å². The average molecular weight is 298 g/mol. The van der Waals surface area contributed by atoms with Crippen LogP contribution in [0.25, 0.3) is 0 Å². The largest absolute Gasteiger partial charge is 0.377 e. The van der Waals surface area contributed by atoms with Gasteiger partial charge < -0.3 is 10.1 Å². The maximum atomic E-state index is 5.80. The van der Waals surface area contributed by atoms with E-state index >= 15 is 0 Å². The molecule has 1 aliphatic heterocycles. The zero-order valence-corrected chi connectivity index (χ0v) is 11.9. The van der Waals surface area contributed by atoms with Gasteiger partial charge in [0, 0.05) is 17.1 Å². The molecule has 2 unspecified atom stereocenters. The van der Waals surface area contributed by atoms with Gasteiger partial charge in [-0.05, 0) is 43.5 Å². The second-order valence-electron chi connectivity index (χ2n) is 4.55. The van der Waals surface area contributed by atoms with E-state index in [9.17, 15) is 0 Å². The number of hydrogen-bond donors (Lipinski definition) is 1. The molecule has 0 amide bonds. The Labute approximate surface area is 112 Å². The summed E-state index contributed by atoms with van der Waals surface area (Å²) in [4.78, 5) is 0. The van der Waals surface area contributed by atoms with Crippen molar-refractivity contribution in [2.45, 2.75) is 38.3 Å². The van der Waals surface area contributed by atoms with Gasteiger partial charge in [-0.1, -0.05) is 35.0 Å². The number of rotatable bonds is 5. The maximum Gasteiger partial charge on any atom is 0.0732 e. The zero-order chi connectivity index (χ0) is 12.1. The molecule has 2 rings (SSSR count). The molecule has 0 radical (unpaired) electrons. The SMILES string of the molecule is CCNC(Cc1cccc(Br)c1)C1CCCO1. The van der Waals surface area contributed by atoms with Gasteiger partial charge in [0.2, 0.25) is 0 Å². The van der Waals surface area contributed by atoms with Crippen molar-refractivity contribution in [1.82, 2.24) is 5.32 Å². The number of benzene rings is 1.